The van der Waals surface area contributed by atoms with E-state index in [1.807, 2.05) is 30.3 Å². The number of nitrogens with one attached hydrogen (secondary N) is 1. The van der Waals surface area contributed by atoms with Crippen molar-refractivity contribution >= 4 is 23.1 Å². The number of carbonyl (C=O) groups excluding carboxylic acids is 1. The molecule has 14 heavy (non-hydrogen) atoms. The fourth-order valence-corrected chi connectivity index (χ4v) is 1.39. The molecule has 1 aromatic carbocycles. The molecule has 1 N–H and O–H groups in total. The van der Waals surface area contributed by atoms with Crippen LogP contribution in [0.2, 0.25) is 0 Å². The summed E-state index contributed by atoms with van der Waals surface area (Å²) in [6.07, 6.45) is 1.45. The second-order valence-electron chi connectivity index (χ2n) is 2.60. The second-order valence-corrected chi connectivity index (χ2v) is 3.39. The van der Waals surface area contributed by atoms with Crippen LogP contribution in [-0.2, 0) is 0 Å². The van der Waals surface area contributed by atoms with Crippen molar-refractivity contribution in [3.05, 3.63) is 41.4 Å². The number of benzene rings is 1. The van der Waals surface area contributed by atoms with Crippen molar-refractivity contribution in [2.45, 2.75) is 0 Å². The predicted octanol–water partition coefficient (Wildman–Crippen LogP) is 1.79. The summed E-state index contributed by atoms with van der Waals surface area (Å²) in [4.78, 5) is 12.0. The number of anilines is 1. The molecule has 2 rings (SSSR count). The van der Waals surface area contributed by atoms with Gasteiger partial charge in [-0.25, -0.2) is 0 Å². The number of para-hydroxylation sites is 1. The predicted molar refractivity (Wildman–Crippen MR) is 54.3 cm³/mol. The van der Waals surface area contributed by atoms with Crippen LogP contribution in [0.4, 0.5) is 5.69 Å². The first-order valence-corrected chi connectivity index (χ1v) is 4.77. The Labute approximate surface area is 84.8 Å². The van der Waals surface area contributed by atoms with Crippen LogP contribution in [0.1, 0.15) is 9.67 Å². The summed E-state index contributed by atoms with van der Waals surface area (Å²) in [6, 6.07) is 9.27. The molecule has 0 unspecified atom stereocenters. The third-order valence-electron chi connectivity index (χ3n) is 1.62. The normalized spacial score (nSPS) is 9.71. The maximum atomic E-state index is 11.5. The highest BCUT2D eigenvalue weighted by Crippen LogP contribution is 2.09. The number of aromatic nitrogens is 2. The van der Waals surface area contributed by atoms with Crippen LogP contribution in [0.25, 0.3) is 0 Å². The molecule has 0 fully saturated rings. The molecule has 0 aliphatic heterocycles. The number of nitrogens with zero attached hydrogens (tertiary/aromatic N) is 2. The van der Waals surface area contributed by atoms with Gasteiger partial charge < -0.3 is 5.32 Å². The average Bonchev–Trinajstić information content (AvgIpc) is 2.72. The first kappa shape index (κ1) is 8.83. The van der Waals surface area contributed by atoms with Crippen molar-refractivity contribution in [3.8, 4) is 0 Å². The summed E-state index contributed by atoms with van der Waals surface area (Å²) in [5.41, 5.74) is 0.769. The van der Waals surface area contributed by atoms with Crippen molar-refractivity contribution < 1.29 is 4.79 Å². The van der Waals surface area contributed by atoms with Gasteiger partial charge in [0.25, 0.3) is 5.91 Å². The van der Waals surface area contributed by atoms with E-state index in [1.165, 1.54) is 6.20 Å². The Balaban J connectivity index is 2.10. The van der Waals surface area contributed by atoms with Crippen LogP contribution in [0, 0.1) is 0 Å². The van der Waals surface area contributed by atoms with E-state index in [2.05, 4.69) is 14.9 Å². The Morgan fingerprint density at radius 2 is 2.07 bits per heavy atom. The van der Waals surface area contributed by atoms with Crippen molar-refractivity contribution in [3.63, 3.8) is 0 Å². The third-order valence-corrected chi connectivity index (χ3v) is 2.28. The molecule has 0 atom stereocenters. The lowest BCUT2D eigenvalue weighted by molar-refractivity contribution is 0.103. The first-order valence-electron chi connectivity index (χ1n) is 4.00. The van der Waals surface area contributed by atoms with E-state index in [9.17, 15) is 4.79 Å². The molecule has 0 spiro atoms. The van der Waals surface area contributed by atoms with Gasteiger partial charge in [-0.3, -0.25) is 4.79 Å². The Kier molecular flexibility index (Phi) is 2.51. The van der Waals surface area contributed by atoms with E-state index >= 15 is 0 Å². The minimum absolute atomic E-state index is 0.175. The molecule has 1 amide bonds. The van der Waals surface area contributed by atoms with Crippen LogP contribution < -0.4 is 5.32 Å². The number of hydrogen-bond acceptors (Lipinski definition) is 4. The third kappa shape index (κ3) is 1.94. The largest absolute Gasteiger partial charge is 0.321 e. The molecule has 4 nitrogen and oxygen atoms in total. The molecule has 5 heteroatoms. The molecule has 0 saturated heterocycles. The van der Waals surface area contributed by atoms with Crippen LogP contribution >= 0.6 is 11.5 Å². The van der Waals surface area contributed by atoms with E-state index in [-0.39, 0.29) is 5.91 Å². The van der Waals surface area contributed by atoms with Crippen LogP contribution in [0.15, 0.2) is 36.5 Å². The lowest BCUT2D eigenvalue weighted by atomic mass is 10.3. The van der Waals surface area contributed by atoms with Crippen molar-refractivity contribution in [2.24, 2.45) is 0 Å². The summed E-state index contributed by atoms with van der Waals surface area (Å²) in [6.45, 7) is 0. The summed E-state index contributed by atoms with van der Waals surface area (Å²) >= 11 is 1.08. The van der Waals surface area contributed by atoms with Gasteiger partial charge in [0.05, 0.1) is 6.20 Å². The number of carbonyl (C=O) groups is 1. The molecule has 0 aliphatic carbocycles. The number of rotatable bonds is 2. The van der Waals surface area contributed by atoms with Crippen molar-refractivity contribution in [2.75, 3.05) is 5.32 Å². The van der Waals surface area contributed by atoms with Gasteiger partial charge in [-0.05, 0) is 23.7 Å². The lowest BCUT2D eigenvalue weighted by Gasteiger charge is -2.00. The molecular formula is C9H7N3OS. The van der Waals surface area contributed by atoms with E-state index < -0.39 is 0 Å². The van der Waals surface area contributed by atoms with Gasteiger partial charge in [-0.1, -0.05) is 22.7 Å². The van der Waals surface area contributed by atoms with E-state index in [1.54, 1.807) is 0 Å². The van der Waals surface area contributed by atoms with Crippen LogP contribution in [0.5, 0.6) is 0 Å². The zero-order valence-electron chi connectivity index (χ0n) is 7.18. The highest BCUT2D eigenvalue weighted by atomic mass is 32.1. The molecule has 1 aromatic heterocycles. The topological polar surface area (TPSA) is 54.9 Å². The van der Waals surface area contributed by atoms with Gasteiger partial charge >= 0.3 is 0 Å². The number of hydrogen-bond donors (Lipinski definition) is 1. The van der Waals surface area contributed by atoms with Gasteiger partial charge in [0.2, 0.25) is 0 Å². The molecule has 70 valence electrons. The second kappa shape index (κ2) is 3.97. The van der Waals surface area contributed by atoms with Gasteiger partial charge in [0.1, 0.15) is 4.88 Å². The Hall–Kier alpha value is -1.75. The van der Waals surface area contributed by atoms with Gasteiger partial charge in [0.15, 0.2) is 0 Å². The average molecular weight is 205 g/mol. The maximum Gasteiger partial charge on any atom is 0.269 e. The fraction of sp³-hybridized carbons (Fsp3) is 0. The highest BCUT2D eigenvalue weighted by Gasteiger charge is 2.07. The van der Waals surface area contributed by atoms with Crippen molar-refractivity contribution in [1.82, 2.24) is 9.59 Å². The molecule has 0 saturated carbocycles. The molecule has 1 heterocycles. The highest BCUT2D eigenvalue weighted by molar-refractivity contribution is 7.07. The van der Waals surface area contributed by atoms with E-state index in [4.69, 9.17) is 0 Å². The molecule has 0 bridgehead atoms. The van der Waals surface area contributed by atoms with Gasteiger partial charge in [0, 0.05) is 5.69 Å². The van der Waals surface area contributed by atoms with E-state index in [0.29, 0.717) is 4.88 Å². The fourth-order valence-electron chi connectivity index (χ4n) is 0.981. The van der Waals surface area contributed by atoms with Crippen LogP contribution in [-0.4, -0.2) is 15.5 Å². The molecule has 0 radical (unpaired) electrons. The summed E-state index contributed by atoms with van der Waals surface area (Å²) in [5, 5.41) is 6.33. The SMILES string of the molecule is O=C(Nc1ccccc1)c1cnns1. The smallest absolute Gasteiger partial charge is 0.269 e. The number of amides is 1. The van der Waals surface area contributed by atoms with Crippen molar-refractivity contribution in [1.29, 1.82) is 0 Å². The van der Waals surface area contributed by atoms with E-state index in [0.717, 1.165) is 17.2 Å². The quantitative estimate of drug-likeness (QED) is 0.813. The lowest BCUT2D eigenvalue weighted by Crippen LogP contribution is -2.09. The maximum absolute atomic E-state index is 11.5. The minimum Gasteiger partial charge on any atom is -0.321 e. The zero-order chi connectivity index (χ0) is 9.80. The van der Waals surface area contributed by atoms with Gasteiger partial charge in [-0.2, -0.15) is 0 Å². The summed E-state index contributed by atoms with van der Waals surface area (Å²) in [7, 11) is 0. The first-order chi connectivity index (χ1) is 6.86. The molecular weight excluding hydrogens is 198 g/mol. The Morgan fingerprint density at radius 1 is 1.29 bits per heavy atom. The minimum atomic E-state index is -0.175. The monoisotopic (exact) mass is 205 g/mol. The molecule has 0 aliphatic rings. The standard InChI is InChI=1S/C9H7N3OS/c13-9(8-6-10-12-14-8)11-7-4-2-1-3-5-7/h1-6H,(H,11,13). The summed E-state index contributed by atoms with van der Waals surface area (Å²) < 4.78 is 3.62. The summed E-state index contributed by atoms with van der Waals surface area (Å²) in [5.74, 6) is -0.175. The Morgan fingerprint density at radius 3 is 2.71 bits per heavy atom. The zero-order valence-corrected chi connectivity index (χ0v) is 7.99. The van der Waals surface area contributed by atoms with Crippen LogP contribution in [0.3, 0.4) is 0 Å². The molecule has 2 aromatic rings. The van der Waals surface area contributed by atoms with Gasteiger partial charge in [-0.15, -0.1) is 5.10 Å². The Bertz CT molecular complexity index is 413.